The van der Waals surface area contributed by atoms with Crippen LogP contribution in [0.3, 0.4) is 0 Å². The van der Waals surface area contributed by atoms with Crippen molar-refractivity contribution in [1.29, 1.82) is 0 Å². The van der Waals surface area contributed by atoms with Gasteiger partial charge in [-0.1, -0.05) is 6.08 Å². The summed E-state index contributed by atoms with van der Waals surface area (Å²) in [4.78, 5) is 30.6. The van der Waals surface area contributed by atoms with E-state index in [1.54, 1.807) is 6.08 Å². The molecule has 3 fully saturated rings. The molecule has 0 unspecified atom stereocenters. The second kappa shape index (κ2) is 8.12. The van der Waals surface area contributed by atoms with Crippen LogP contribution in [0.1, 0.15) is 25.7 Å². The highest BCUT2D eigenvalue weighted by Gasteiger charge is 2.36. The van der Waals surface area contributed by atoms with Crippen LogP contribution in [-0.2, 0) is 14.3 Å². The molecule has 3 saturated heterocycles. The molecule has 3 rings (SSSR count). The van der Waals surface area contributed by atoms with Gasteiger partial charge in [-0.05, 0) is 25.2 Å². The molecule has 2 amide bonds. The van der Waals surface area contributed by atoms with Crippen LogP contribution in [0.15, 0.2) is 12.2 Å². The van der Waals surface area contributed by atoms with Gasteiger partial charge in [-0.3, -0.25) is 14.5 Å². The third kappa shape index (κ3) is 4.16. The van der Waals surface area contributed by atoms with Crippen molar-refractivity contribution in [3.63, 3.8) is 0 Å². The van der Waals surface area contributed by atoms with Crippen LogP contribution in [0, 0.1) is 5.92 Å². The number of piperidine rings is 1. The average Bonchev–Trinajstić information content (AvgIpc) is 2.74. The minimum absolute atomic E-state index is 0.111. The number of rotatable bonds is 3. The Balaban J connectivity index is 1.50. The molecule has 0 aromatic heterocycles. The first-order valence-corrected chi connectivity index (χ1v) is 9.16. The van der Waals surface area contributed by atoms with Gasteiger partial charge in [0.15, 0.2) is 0 Å². The lowest BCUT2D eigenvalue weighted by Gasteiger charge is -2.41. The summed E-state index contributed by atoms with van der Waals surface area (Å²) < 4.78 is 5.33. The van der Waals surface area contributed by atoms with E-state index < -0.39 is 0 Å². The van der Waals surface area contributed by atoms with Gasteiger partial charge in [0.05, 0.1) is 13.2 Å². The number of hydrogen-bond acceptors (Lipinski definition) is 4. The van der Waals surface area contributed by atoms with E-state index in [0.717, 1.165) is 65.2 Å². The van der Waals surface area contributed by atoms with Crippen molar-refractivity contribution in [1.82, 2.24) is 14.7 Å². The van der Waals surface area contributed by atoms with E-state index in [2.05, 4.69) is 4.90 Å². The molecule has 134 valence electrons. The SMILES string of the molecule is CN1C(=O)CCC[C@@H]2CN(C(=O)/C=C/CN3CCOCC3)CC[C@H]21. The molecular weight excluding hydrogens is 306 g/mol. The molecule has 0 saturated carbocycles. The Kier molecular flexibility index (Phi) is 5.89. The van der Waals surface area contributed by atoms with E-state index >= 15 is 0 Å². The number of morpholine rings is 1. The summed E-state index contributed by atoms with van der Waals surface area (Å²) in [6.45, 7) is 5.78. The second-order valence-corrected chi connectivity index (χ2v) is 7.11. The lowest BCUT2D eigenvalue weighted by Crippen LogP contribution is -2.51. The highest BCUT2D eigenvalue weighted by molar-refractivity contribution is 5.87. The molecule has 24 heavy (non-hydrogen) atoms. The Morgan fingerprint density at radius 2 is 2.04 bits per heavy atom. The zero-order valence-electron chi connectivity index (χ0n) is 14.7. The Morgan fingerprint density at radius 1 is 1.25 bits per heavy atom. The van der Waals surface area contributed by atoms with Crippen LogP contribution in [0.4, 0.5) is 0 Å². The molecule has 0 aromatic rings. The largest absolute Gasteiger partial charge is 0.379 e. The summed E-state index contributed by atoms with van der Waals surface area (Å²) in [5.41, 5.74) is 0. The van der Waals surface area contributed by atoms with Crippen LogP contribution in [-0.4, -0.2) is 85.5 Å². The minimum Gasteiger partial charge on any atom is -0.379 e. The number of amides is 2. The van der Waals surface area contributed by atoms with Crippen molar-refractivity contribution in [2.45, 2.75) is 31.7 Å². The molecule has 0 N–H and O–H groups in total. The van der Waals surface area contributed by atoms with E-state index in [9.17, 15) is 9.59 Å². The third-order valence-corrected chi connectivity index (χ3v) is 5.59. The molecule has 0 spiro atoms. The Morgan fingerprint density at radius 3 is 2.83 bits per heavy atom. The molecular formula is C18H29N3O3. The van der Waals surface area contributed by atoms with Gasteiger partial charge in [-0.2, -0.15) is 0 Å². The van der Waals surface area contributed by atoms with Crippen molar-refractivity contribution < 1.29 is 14.3 Å². The first-order chi connectivity index (χ1) is 11.6. The van der Waals surface area contributed by atoms with E-state index in [1.165, 1.54) is 0 Å². The Hall–Kier alpha value is -1.40. The predicted octanol–water partition coefficient (Wildman–Crippen LogP) is 0.734. The molecule has 0 radical (unpaired) electrons. The van der Waals surface area contributed by atoms with Gasteiger partial charge < -0.3 is 14.5 Å². The topological polar surface area (TPSA) is 53.1 Å². The maximum atomic E-state index is 12.5. The fourth-order valence-electron chi connectivity index (χ4n) is 4.08. The first kappa shape index (κ1) is 17.4. The third-order valence-electron chi connectivity index (χ3n) is 5.59. The summed E-state index contributed by atoms with van der Waals surface area (Å²) in [7, 11) is 1.92. The standard InChI is InChI=1S/C18H29N3O3/c1-19-16-7-9-21(14-15(16)4-2-5-17(19)22)18(23)6-3-8-20-10-12-24-13-11-20/h3,6,15-16H,2,4-5,7-14H2,1H3/b6-3+/t15-,16-/m1/s1. The smallest absolute Gasteiger partial charge is 0.246 e. The summed E-state index contributed by atoms with van der Waals surface area (Å²) in [6.07, 6.45) is 7.23. The van der Waals surface area contributed by atoms with Crippen molar-refractivity contribution in [3.05, 3.63) is 12.2 Å². The van der Waals surface area contributed by atoms with Crippen molar-refractivity contribution in [2.75, 3.05) is 53.0 Å². The predicted molar refractivity (Wildman–Crippen MR) is 91.5 cm³/mol. The van der Waals surface area contributed by atoms with Gasteiger partial charge in [0.1, 0.15) is 0 Å². The van der Waals surface area contributed by atoms with Gasteiger partial charge in [0, 0.05) is 58.3 Å². The number of fused-ring (bicyclic) bond motifs is 1. The van der Waals surface area contributed by atoms with Crippen molar-refractivity contribution >= 4 is 11.8 Å². The normalized spacial score (nSPS) is 29.6. The van der Waals surface area contributed by atoms with Crippen LogP contribution in [0.25, 0.3) is 0 Å². The lowest BCUT2D eigenvalue weighted by atomic mass is 9.88. The summed E-state index contributed by atoms with van der Waals surface area (Å²) in [5, 5.41) is 0. The molecule has 6 nitrogen and oxygen atoms in total. The van der Waals surface area contributed by atoms with Crippen LogP contribution in [0.2, 0.25) is 0 Å². The molecule has 3 aliphatic heterocycles. The van der Waals surface area contributed by atoms with Gasteiger partial charge in [-0.25, -0.2) is 0 Å². The van der Waals surface area contributed by atoms with E-state index in [-0.39, 0.29) is 11.8 Å². The van der Waals surface area contributed by atoms with Gasteiger partial charge in [0.2, 0.25) is 11.8 Å². The summed E-state index contributed by atoms with van der Waals surface area (Å²) >= 11 is 0. The van der Waals surface area contributed by atoms with Crippen LogP contribution in [0.5, 0.6) is 0 Å². The molecule has 0 bridgehead atoms. The molecule has 0 aromatic carbocycles. The minimum atomic E-state index is 0.111. The molecule has 2 atom stereocenters. The van der Waals surface area contributed by atoms with Crippen molar-refractivity contribution in [2.24, 2.45) is 5.92 Å². The highest BCUT2D eigenvalue weighted by Crippen LogP contribution is 2.29. The van der Waals surface area contributed by atoms with Crippen LogP contribution >= 0.6 is 0 Å². The number of carbonyl (C=O) groups is 2. The molecule has 3 aliphatic rings. The van der Waals surface area contributed by atoms with Crippen molar-refractivity contribution in [3.8, 4) is 0 Å². The number of hydrogen-bond donors (Lipinski definition) is 0. The summed E-state index contributed by atoms with van der Waals surface area (Å²) in [5.74, 6) is 0.791. The highest BCUT2D eigenvalue weighted by atomic mass is 16.5. The molecule has 0 aliphatic carbocycles. The summed E-state index contributed by atoms with van der Waals surface area (Å²) in [6, 6.07) is 0.307. The van der Waals surface area contributed by atoms with Crippen LogP contribution < -0.4 is 0 Å². The number of likely N-dealkylation sites (tertiary alicyclic amines) is 2. The van der Waals surface area contributed by atoms with E-state index in [4.69, 9.17) is 4.74 Å². The quantitative estimate of drug-likeness (QED) is 0.714. The maximum Gasteiger partial charge on any atom is 0.246 e. The monoisotopic (exact) mass is 335 g/mol. The first-order valence-electron chi connectivity index (χ1n) is 9.16. The average molecular weight is 335 g/mol. The number of carbonyl (C=O) groups excluding carboxylic acids is 2. The number of ether oxygens (including phenoxy) is 1. The number of nitrogens with zero attached hydrogens (tertiary/aromatic N) is 3. The second-order valence-electron chi connectivity index (χ2n) is 7.11. The van der Waals surface area contributed by atoms with Gasteiger partial charge in [-0.15, -0.1) is 0 Å². The van der Waals surface area contributed by atoms with E-state index in [1.807, 2.05) is 22.9 Å². The molecule has 3 heterocycles. The maximum absolute atomic E-state index is 12.5. The van der Waals surface area contributed by atoms with Gasteiger partial charge >= 0.3 is 0 Å². The Bertz CT molecular complexity index is 488. The van der Waals surface area contributed by atoms with Gasteiger partial charge in [0.25, 0.3) is 0 Å². The fraction of sp³-hybridized carbons (Fsp3) is 0.778. The van der Waals surface area contributed by atoms with E-state index in [0.29, 0.717) is 18.4 Å². The lowest BCUT2D eigenvalue weighted by molar-refractivity contribution is -0.134. The zero-order chi connectivity index (χ0) is 16.9. The molecule has 6 heteroatoms. The fourth-order valence-corrected chi connectivity index (χ4v) is 4.08. The zero-order valence-corrected chi connectivity index (χ0v) is 14.7. The Labute approximate surface area is 144 Å².